The number of halogens is 1. The molecule has 2 N–H and O–H groups in total. The van der Waals surface area contributed by atoms with Gasteiger partial charge in [-0.15, -0.1) is 11.8 Å². The molecule has 0 fully saturated rings. The van der Waals surface area contributed by atoms with Gasteiger partial charge in [-0.2, -0.15) is 5.10 Å². The highest BCUT2D eigenvalue weighted by atomic mass is 35.5. The van der Waals surface area contributed by atoms with Crippen molar-refractivity contribution < 1.29 is 14.3 Å². The lowest BCUT2D eigenvalue weighted by Gasteiger charge is -2.08. The smallest absolute Gasteiger partial charge is 0.262 e. The van der Waals surface area contributed by atoms with Crippen molar-refractivity contribution in [1.82, 2.24) is 5.43 Å². The number of aryl methyl sites for hydroxylation is 1. The Kier molecular flexibility index (Phi) is 8.71. The molecule has 0 aliphatic rings. The Bertz CT molecular complexity index is 1090. The van der Waals surface area contributed by atoms with Crippen LogP contribution in [0.15, 0.2) is 82.8 Å². The second-order valence-electron chi connectivity index (χ2n) is 6.78. The summed E-state index contributed by atoms with van der Waals surface area (Å²) in [6, 6.07) is 22.0. The molecule has 0 spiro atoms. The molecule has 32 heavy (non-hydrogen) atoms. The lowest BCUT2D eigenvalue weighted by molar-refractivity contribution is -0.119. The fraction of sp³-hybridized carbons (Fsp3) is 0.125. The highest BCUT2D eigenvalue weighted by Gasteiger charge is 2.06. The first-order valence-electron chi connectivity index (χ1n) is 9.78. The molecule has 164 valence electrons. The van der Waals surface area contributed by atoms with Crippen LogP contribution in [0.5, 0.6) is 5.75 Å². The Morgan fingerprint density at radius 3 is 2.44 bits per heavy atom. The van der Waals surface area contributed by atoms with E-state index in [1.165, 1.54) is 17.3 Å². The monoisotopic (exact) mass is 467 g/mol. The molecule has 2 amide bonds. The van der Waals surface area contributed by atoms with Crippen LogP contribution < -0.4 is 15.5 Å². The third kappa shape index (κ3) is 7.76. The van der Waals surface area contributed by atoms with Crippen molar-refractivity contribution in [2.75, 3.05) is 17.7 Å². The summed E-state index contributed by atoms with van der Waals surface area (Å²) in [4.78, 5) is 25.0. The molecule has 3 aromatic rings. The van der Waals surface area contributed by atoms with Gasteiger partial charge in [0.25, 0.3) is 5.91 Å². The van der Waals surface area contributed by atoms with E-state index in [9.17, 15) is 9.59 Å². The molecule has 0 radical (unpaired) electrons. The third-order valence-corrected chi connectivity index (χ3v) is 5.53. The molecule has 3 aromatic carbocycles. The molecule has 0 unspecified atom stereocenters. The van der Waals surface area contributed by atoms with E-state index in [4.69, 9.17) is 16.3 Å². The maximum atomic E-state index is 12.0. The highest BCUT2D eigenvalue weighted by Crippen LogP contribution is 2.20. The zero-order valence-corrected chi connectivity index (χ0v) is 19.0. The number of rotatable bonds is 9. The number of benzene rings is 3. The van der Waals surface area contributed by atoms with Gasteiger partial charge in [-0.1, -0.05) is 41.4 Å². The minimum absolute atomic E-state index is 0.145. The first kappa shape index (κ1) is 23.4. The number of anilines is 1. The van der Waals surface area contributed by atoms with Gasteiger partial charge < -0.3 is 10.1 Å². The summed E-state index contributed by atoms with van der Waals surface area (Å²) in [5.41, 5.74) is 5.01. The van der Waals surface area contributed by atoms with Crippen molar-refractivity contribution >= 4 is 47.1 Å². The quantitative estimate of drug-likeness (QED) is 0.266. The minimum Gasteiger partial charge on any atom is -0.484 e. The molecule has 3 rings (SSSR count). The fourth-order valence-electron chi connectivity index (χ4n) is 2.54. The van der Waals surface area contributed by atoms with Crippen molar-refractivity contribution in [3.63, 3.8) is 0 Å². The standard InChI is InChI=1S/C24H22ClN3O3S/c1-17-6-12-20(13-7-17)32-16-24(30)28-26-14-18-8-10-19(11-9-18)31-15-23(29)27-22-5-3-2-4-21(22)25/h2-14H,15-16H2,1H3,(H,27,29)(H,28,30)/b26-14-. The zero-order chi connectivity index (χ0) is 22.8. The van der Waals surface area contributed by atoms with Crippen LogP contribution in [0.4, 0.5) is 5.69 Å². The summed E-state index contributed by atoms with van der Waals surface area (Å²) in [5, 5.41) is 7.13. The number of nitrogens with zero attached hydrogens (tertiary/aromatic N) is 1. The summed E-state index contributed by atoms with van der Waals surface area (Å²) >= 11 is 7.47. The summed E-state index contributed by atoms with van der Waals surface area (Å²) in [6.07, 6.45) is 1.54. The van der Waals surface area contributed by atoms with E-state index in [2.05, 4.69) is 15.8 Å². The molecule has 0 saturated carbocycles. The summed E-state index contributed by atoms with van der Waals surface area (Å²) in [5.74, 6) is 0.324. The molecule has 8 heteroatoms. The van der Waals surface area contributed by atoms with Gasteiger partial charge in [-0.3, -0.25) is 9.59 Å². The number of hydrogen-bond acceptors (Lipinski definition) is 5. The van der Waals surface area contributed by atoms with Crippen molar-refractivity contribution in [2.45, 2.75) is 11.8 Å². The largest absolute Gasteiger partial charge is 0.484 e. The van der Waals surface area contributed by atoms with Crippen LogP contribution in [0.25, 0.3) is 0 Å². The molecular weight excluding hydrogens is 446 g/mol. The molecule has 0 bridgehead atoms. The number of ether oxygens (including phenoxy) is 1. The number of amides is 2. The maximum Gasteiger partial charge on any atom is 0.262 e. The van der Waals surface area contributed by atoms with Gasteiger partial charge in [0.15, 0.2) is 6.61 Å². The van der Waals surface area contributed by atoms with Crippen molar-refractivity contribution in [1.29, 1.82) is 0 Å². The maximum absolute atomic E-state index is 12.0. The van der Waals surface area contributed by atoms with E-state index >= 15 is 0 Å². The van der Waals surface area contributed by atoms with Crippen LogP contribution in [0.2, 0.25) is 5.02 Å². The lowest BCUT2D eigenvalue weighted by atomic mass is 10.2. The number of para-hydroxylation sites is 1. The molecule has 0 aromatic heterocycles. The number of carbonyl (C=O) groups is 2. The van der Waals surface area contributed by atoms with Gasteiger partial charge in [0.05, 0.1) is 22.7 Å². The molecule has 0 aliphatic heterocycles. The van der Waals surface area contributed by atoms with Crippen molar-refractivity contribution in [3.05, 3.63) is 88.9 Å². The van der Waals surface area contributed by atoms with E-state index in [1.807, 2.05) is 31.2 Å². The van der Waals surface area contributed by atoms with Gasteiger partial charge >= 0.3 is 0 Å². The predicted octanol–water partition coefficient (Wildman–Crippen LogP) is 4.91. The normalized spacial score (nSPS) is 10.7. The number of thioether (sulfide) groups is 1. The van der Waals surface area contributed by atoms with E-state index in [-0.39, 0.29) is 24.2 Å². The van der Waals surface area contributed by atoms with Crippen LogP contribution in [0, 0.1) is 6.92 Å². The zero-order valence-electron chi connectivity index (χ0n) is 17.4. The van der Waals surface area contributed by atoms with E-state index < -0.39 is 0 Å². The van der Waals surface area contributed by atoms with Crippen molar-refractivity contribution in [3.8, 4) is 5.75 Å². The fourth-order valence-corrected chi connectivity index (χ4v) is 3.42. The highest BCUT2D eigenvalue weighted by molar-refractivity contribution is 8.00. The van der Waals surface area contributed by atoms with Gasteiger partial charge in [-0.25, -0.2) is 5.43 Å². The SMILES string of the molecule is Cc1ccc(SCC(=O)N/N=C\c2ccc(OCC(=O)Nc3ccccc3Cl)cc2)cc1. The number of carbonyl (C=O) groups excluding carboxylic acids is 2. The van der Waals surface area contributed by atoms with Gasteiger partial charge in [0, 0.05) is 4.90 Å². The molecule has 0 atom stereocenters. The second kappa shape index (κ2) is 11.9. The number of hydrogen-bond donors (Lipinski definition) is 2. The Morgan fingerprint density at radius 2 is 1.72 bits per heavy atom. The van der Waals surface area contributed by atoms with Crippen molar-refractivity contribution in [2.24, 2.45) is 5.10 Å². The van der Waals surface area contributed by atoms with Crippen LogP contribution in [-0.2, 0) is 9.59 Å². The van der Waals surface area contributed by atoms with Crippen LogP contribution >= 0.6 is 23.4 Å². The topological polar surface area (TPSA) is 79.8 Å². The lowest BCUT2D eigenvalue weighted by Crippen LogP contribution is -2.20. The number of nitrogens with one attached hydrogen (secondary N) is 2. The Labute approximate surface area is 196 Å². The van der Waals surface area contributed by atoms with E-state index in [0.29, 0.717) is 16.5 Å². The summed E-state index contributed by atoms with van der Waals surface area (Å²) in [7, 11) is 0. The van der Waals surface area contributed by atoms with E-state index in [1.54, 1.807) is 54.7 Å². The average molecular weight is 468 g/mol. The van der Waals surface area contributed by atoms with E-state index in [0.717, 1.165) is 10.5 Å². The molecule has 6 nitrogen and oxygen atoms in total. The predicted molar refractivity (Wildman–Crippen MR) is 130 cm³/mol. The van der Waals surface area contributed by atoms with Crippen LogP contribution in [-0.4, -0.2) is 30.4 Å². The Hall–Kier alpha value is -3.29. The Morgan fingerprint density at radius 1 is 1.00 bits per heavy atom. The van der Waals surface area contributed by atoms with Crippen LogP contribution in [0.1, 0.15) is 11.1 Å². The summed E-state index contributed by atoms with van der Waals surface area (Å²) in [6.45, 7) is 1.88. The molecular formula is C24H22ClN3O3S. The second-order valence-corrected chi connectivity index (χ2v) is 8.24. The third-order valence-electron chi connectivity index (χ3n) is 4.19. The molecule has 0 saturated heterocycles. The molecule has 0 aliphatic carbocycles. The Balaban J connectivity index is 1.39. The van der Waals surface area contributed by atoms with Gasteiger partial charge in [0.1, 0.15) is 5.75 Å². The number of hydrazone groups is 1. The molecule has 0 heterocycles. The first-order chi connectivity index (χ1) is 15.5. The first-order valence-corrected chi connectivity index (χ1v) is 11.1. The summed E-state index contributed by atoms with van der Waals surface area (Å²) < 4.78 is 5.49. The minimum atomic E-state index is -0.310. The van der Waals surface area contributed by atoms with Gasteiger partial charge in [-0.05, 0) is 61.0 Å². The van der Waals surface area contributed by atoms with Gasteiger partial charge in [0.2, 0.25) is 5.91 Å². The van der Waals surface area contributed by atoms with Crippen LogP contribution in [0.3, 0.4) is 0 Å². The average Bonchev–Trinajstić information content (AvgIpc) is 2.80.